The molecule has 0 saturated carbocycles. The lowest BCUT2D eigenvalue weighted by molar-refractivity contribution is 0.641. The number of halogens is 2. The number of aromatic nitrogens is 1. The summed E-state index contributed by atoms with van der Waals surface area (Å²) in [6.45, 7) is 1.91. The molecule has 1 aliphatic rings. The summed E-state index contributed by atoms with van der Waals surface area (Å²) in [7, 11) is 0. The van der Waals surface area contributed by atoms with Gasteiger partial charge in [-0.05, 0) is 17.7 Å². The molecule has 0 aliphatic carbocycles. The molecule has 2 nitrogen and oxygen atoms in total. The second-order valence-corrected chi connectivity index (χ2v) is 4.66. The minimum absolute atomic E-state index is 0.694. The van der Waals surface area contributed by atoms with Crippen molar-refractivity contribution in [3.63, 3.8) is 0 Å². The minimum atomic E-state index is 0.694. The van der Waals surface area contributed by atoms with E-state index in [2.05, 4.69) is 10.3 Å². The molecule has 4 heteroatoms. The van der Waals surface area contributed by atoms with E-state index in [4.69, 9.17) is 23.2 Å². The van der Waals surface area contributed by atoms with Gasteiger partial charge in [-0.1, -0.05) is 23.2 Å². The molecule has 2 heterocycles. The first kappa shape index (κ1) is 9.52. The van der Waals surface area contributed by atoms with Gasteiger partial charge >= 0.3 is 0 Å². The van der Waals surface area contributed by atoms with Crippen molar-refractivity contribution in [2.24, 2.45) is 0 Å². The quantitative estimate of drug-likeness (QED) is 0.728. The molecular weight excluding hydrogens is 231 g/mol. The molecule has 1 aromatic carbocycles. The maximum absolute atomic E-state index is 6.15. The van der Waals surface area contributed by atoms with Crippen molar-refractivity contribution < 1.29 is 0 Å². The molecule has 0 spiro atoms. The molecular formula is C11H10Cl2N2. The Labute approximate surface area is 97.6 Å². The van der Waals surface area contributed by atoms with E-state index < -0.39 is 0 Å². The first-order valence-electron chi connectivity index (χ1n) is 4.95. The molecule has 0 bridgehead atoms. The van der Waals surface area contributed by atoms with E-state index >= 15 is 0 Å². The number of hydrogen-bond acceptors (Lipinski definition) is 1. The number of nitrogens with one attached hydrogen (secondary N) is 2. The van der Waals surface area contributed by atoms with Crippen LogP contribution in [0.5, 0.6) is 0 Å². The third kappa shape index (κ3) is 1.44. The van der Waals surface area contributed by atoms with Crippen molar-refractivity contribution in [1.82, 2.24) is 10.3 Å². The second-order valence-electron chi connectivity index (χ2n) is 3.82. The Morgan fingerprint density at radius 3 is 2.93 bits per heavy atom. The predicted molar refractivity (Wildman–Crippen MR) is 63.7 cm³/mol. The molecule has 2 N–H and O–H groups in total. The van der Waals surface area contributed by atoms with Crippen LogP contribution < -0.4 is 5.32 Å². The van der Waals surface area contributed by atoms with E-state index in [-0.39, 0.29) is 0 Å². The van der Waals surface area contributed by atoms with Crippen LogP contribution in [0.2, 0.25) is 10.0 Å². The Hall–Kier alpha value is -0.700. The van der Waals surface area contributed by atoms with Gasteiger partial charge in [0.05, 0.1) is 10.5 Å². The Morgan fingerprint density at radius 2 is 2.07 bits per heavy atom. The average molecular weight is 241 g/mol. The van der Waals surface area contributed by atoms with Crippen LogP contribution in [0.1, 0.15) is 11.3 Å². The number of hydrogen-bond donors (Lipinski definition) is 2. The summed E-state index contributed by atoms with van der Waals surface area (Å²) < 4.78 is 0. The summed E-state index contributed by atoms with van der Waals surface area (Å²) in [5.74, 6) is 0. The van der Waals surface area contributed by atoms with Crippen LogP contribution in [-0.4, -0.2) is 11.5 Å². The van der Waals surface area contributed by atoms with Crippen LogP contribution in [0.3, 0.4) is 0 Å². The Morgan fingerprint density at radius 1 is 1.20 bits per heavy atom. The highest BCUT2D eigenvalue weighted by molar-refractivity contribution is 6.38. The molecule has 0 atom stereocenters. The standard InChI is InChI=1S/C11H10Cl2N2/c12-6-3-7-8-5-14-2-1-10(8)15-11(7)9(13)4-6/h3-4,14-15H,1-2,5H2. The van der Waals surface area contributed by atoms with Crippen LogP contribution in [-0.2, 0) is 13.0 Å². The summed E-state index contributed by atoms with van der Waals surface area (Å²) in [5.41, 5.74) is 3.60. The van der Waals surface area contributed by atoms with E-state index in [1.165, 1.54) is 11.3 Å². The lowest BCUT2D eigenvalue weighted by atomic mass is 10.1. The zero-order valence-corrected chi connectivity index (χ0v) is 9.54. The van der Waals surface area contributed by atoms with Crippen molar-refractivity contribution in [3.05, 3.63) is 33.4 Å². The first-order chi connectivity index (χ1) is 7.25. The largest absolute Gasteiger partial charge is 0.357 e. The highest BCUT2D eigenvalue weighted by Crippen LogP contribution is 2.32. The summed E-state index contributed by atoms with van der Waals surface area (Å²) in [5, 5.41) is 5.89. The van der Waals surface area contributed by atoms with Crippen molar-refractivity contribution in [2.75, 3.05) is 6.54 Å². The molecule has 0 fully saturated rings. The lowest BCUT2D eigenvalue weighted by Crippen LogP contribution is -2.22. The van der Waals surface area contributed by atoms with Crippen molar-refractivity contribution in [2.45, 2.75) is 13.0 Å². The van der Waals surface area contributed by atoms with Crippen molar-refractivity contribution >= 4 is 34.1 Å². The third-order valence-electron chi connectivity index (χ3n) is 2.87. The van der Waals surface area contributed by atoms with E-state index in [0.29, 0.717) is 10.0 Å². The Kier molecular flexibility index (Phi) is 2.16. The van der Waals surface area contributed by atoms with Crippen molar-refractivity contribution in [3.8, 4) is 0 Å². The van der Waals surface area contributed by atoms with Gasteiger partial charge in [0.2, 0.25) is 0 Å². The second kappa shape index (κ2) is 3.41. The van der Waals surface area contributed by atoms with Gasteiger partial charge in [0, 0.05) is 35.6 Å². The highest BCUT2D eigenvalue weighted by Gasteiger charge is 2.16. The first-order valence-corrected chi connectivity index (χ1v) is 5.70. The number of H-pyrrole nitrogens is 1. The maximum Gasteiger partial charge on any atom is 0.0662 e. The van der Waals surface area contributed by atoms with E-state index in [1.54, 1.807) is 6.07 Å². The summed E-state index contributed by atoms with van der Waals surface area (Å²) in [4.78, 5) is 3.38. The molecule has 3 rings (SSSR count). The van der Waals surface area contributed by atoms with Crippen LogP contribution in [0.15, 0.2) is 12.1 Å². The molecule has 0 unspecified atom stereocenters. The number of fused-ring (bicyclic) bond motifs is 3. The van der Waals surface area contributed by atoms with E-state index in [1.807, 2.05) is 6.07 Å². The van der Waals surface area contributed by atoms with Gasteiger partial charge in [0.15, 0.2) is 0 Å². The maximum atomic E-state index is 6.15. The van der Waals surface area contributed by atoms with Crippen LogP contribution >= 0.6 is 23.2 Å². The van der Waals surface area contributed by atoms with Crippen LogP contribution in [0, 0.1) is 0 Å². The smallest absolute Gasteiger partial charge is 0.0662 e. The van der Waals surface area contributed by atoms with Gasteiger partial charge in [-0.15, -0.1) is 0 Å². The molecule has 1 aliphatic heterocycles. The normalized spacial score (nSPS) is 15.6. The fourth-order valence-electron chi connectivity index (χ4n) is 2.17. The Bertz CT molecular complexity index is 531. The fourth-order valence-corrected chi connectivity index (χ4v) is 2.71. The minimum Gasteiger partial charge on any atom is -0.357 e. The molecule has 0 amide bonds. The summed E-state index contributed by atoms with van der Waals surface area (Å²) in [6.07, 6.45) is 1.03. The number of rotatable bonds is 0. The lowest BCUT2D eigenvalue weighted by Gasteiger charge is -2.12. The summed E-state index contributed by atoms with van der Waals surface area (Å²) >= 11 is 12.2. The van der Waals surface area contributed by atoms with E-state index in [0.717, 1.165) is 30.4 Å². The molecule has 0 radical (unpaired) electrons. The third-order valence-corrected chi connectivity index (χ3v) is 3.39. The monoisotopic (exact) mass is 240 g/mol. The molecule has 15 heavy (non-hydrogen) atoms. The van der Waals surface area contributed by atoms with Gasteiger partial charge in [-0.25, -0.2) is 0 Å². The predicted octanol–water partition coefficient (Wildman–Crippen LogP) is 3.12. The molecule has 0 saturated heterocycles. The topological polar surface area (TPSA) is 27.8 Å². The highest BCUT2D eigenvalue weighted by atomic mass is 35.5. The summed E-state index contributed by atoms with van der Waals surface area (Å²) in [6, 6.07) is 3.76. The molecule has 2 aromatic rings. The zero-order chi connectivity index (χ0) is 10.4. The van der Waals surface area contributed by atoms with E-state index in [9.17, 15) is 0 Å². The van der Waals surface area contributed by atoms with Crippen molar-refractivity contribution in [1.29, 1.82) is 0 Å². The molecule has 1 aromatic heterocycles. The van der Waals surface area contributed by atoms with Gasteiger partial charge < -0.3 is 10.3 Å². The van der Waals surface area contributed by atoms with Gasteiger partial charge in [-0.3, -0.25) is 0 Å². The van der Waals surface area contributed by atoms with Gasteiger partial charge in [-0.2, -0.15) is 0 Å². The fraction of sp³-hybridized carbons (Fsp3) is 0.273. The zero-order valence-electron chi connectivity index (χ0n) is 8.03. The SMILES string of the molecule is Clc1cc(Cl)c2[nH]c3c(c2c1)CNCC3. The van der Waals surface area contributed by atoms with Crippen LogP contribution in [0.4, 0.5) is 0 Å². The number of aromatic amines is 1. The average Bonchev–Trinajstić information content (AvgIpc) is 2.57. The number of benzene rings is 1. The van der Waals surface area contributed by atoms with Crippen LogP contribution in [0.25, 0.3) is 10.9 Å². The van der Waals surface area contributed by atoms with Gasteiger partial charge in [0.25, 0.3) is 0 Å². The van der Waals surface area contributed by atoms with Gasteiger partial charge in [0.1, 0.15) is 0 Å². The Balaban J connectivity index is 2.37. The molecule has 78 valence electrons.